The third-order valence-corrected chi connectivity index (χ3v) is 3.40. The van der Waals surface area contributed by atoms with Gasteiger partial charge in [0.2, 0.25) is 0 Å². The molecule has 118 valence electrons. The number of aryl methyl sites for hydroxylation is 3. The van der Waals surface area contributed by atoms with Crippen LogP contribution < -0.4 is 4.74 Å². The molecule has 0 aliphatic heterocycles. The van der Waals surface area contributed by atoms with Crippen LogP contribution in [0, 0.1) is 20.8 Å². The van der Waals surface area contributed by atoms with Crippen molar-refractivity contribution in [2.45, 2.75) is 27.7 Å². The van der Waals surface area contributed by atoms with Crippen molar-refractivity contribution in [1.82, 2.24) is 0 Å². The average molecular weight is 308 g/mol. The van der Waals surface area contributed by atoms with Gasteiger partial charge >= 0.3 is 5.97 Å². The second-order valence-electron chi connectivity index (χ2n) is 5.69. The fourth-order valence-electron chi connectivity index (χ4n) is 2.37. The van der Waals surface area contributed by atoms with Gasteiger partial charge in [-0.15, -0.1) is 0 Å². The van der Waals surface area contributed by atoms with Crippen molar-refractivity contribution in [1.29, 1.82) is 0 Å². The maximum Gasteiger partial charge on any atom is 0.308 e. The van der Waals surface area contributed by atoms with Crippen LogP contribution in [0.15, 0.2) is 42.5 Å². The number of hydrogen-bond acceptors (Lipinski definition) is 3. The number of ether oxygens (including phenoxy) is 1. The van der Waals surface area contributed by atoms with Crippen LogP contribution in [-0.2, 0) is 4.79 Å². The largest absolute Gasteiger partial charge is 0.426 e. The fraction of sp³-hybridized carbons (Fsp3) is 0.200. The number of allylic oxidation sites excluding steroid dienone is 1. The van der Waals surface area contributed by atoms with Gasteiger partial charge in [-0.1, -0.05) is 35.4 Å². The predicted molar refractivity (Wildman–Crippen MR) is 91.8 cm³/mol. The van der Waals surface area contributed by atoms with Crippen molar-refractivity contribution in [2.75, 3.05) is 0 Å². The Bertz CT molecular complexity index is 765. The molecule has 0 aliphatic rings. The Labute approximate surface area is 136 Å². The van der Waals surface area contributed by atoms with E-state index in [0.717, 1.165) is 22.3 Å². The Morgan fingerprint density at radius 2 is 1.61 bits per heavy atom. The van der Waals surface area contributed by atoms with E-state index in [1.807, 2.05) is 51.1 Å². The van der Waals surface area contributed by atoms with Gasteiger partial charge in [-0.05, 0) is 56.2 Å². The van der Waals surface area contributed by atoms with Crippen LogP contribution in [0.1, 0.15) is 39.5 Å². The van der Waals surface area contributed by atoms with E-state index in [-0.39, 0.29) is 11.8 Å². The number of benzene rings is 2. The molecular formula is C20H20O3. The summed E-state index contributed by atoms with van der Waals surface area (Å²) in [5.41, 5.74) is 4.48. The van der Waals surface area contributed by atoms with Gasteiger partial charge in [-0.3, -0.25) is 9.59 Å². The molecule has 0 heterocycles. The van der Waals surface area contributed by atoms with E-state index >= 15 is 0 Å². The maximum absolute atomic E-state index is 12.3. The summed E-state index contributed by atoms with van der Waals surface area (Å²) in [6.45, 7) is 7.18. The van der Waals surface area contributed by atoms with Crippen LogP contribution in [0.25, 0.3) is 6.08 Å². The molecule has 0 unspecified atom stereocenters. The van der Waals surface area contributed by atoms with Gasteiger partial charge in [-0.25, -0.2) is 0 Å². The van der Waals surface area contributed by atoms with Gasteiger partial charge in [0.05, 0.1) is 0 Å². The summed E-state index contributed by atoms with van der Waals surface area (Å²) in [5, 5.41) is 0. The van der Waals surface area contributed by atoms with Crippen molar-refractivity contribution in [2.24, 2.45) is 0 Å². The number of carbonyl (C=O) groups is 2. The highest BCUT2D eigenvalue weighted by molar-refractivity contribution is 6.07. The van der Waals surface area contributed by atoms with Gasteiger partial charge in [0.1, 0.15) is 5.75 Å². The Morgan fingerprint density at radius 1 is 0.957 bits per heavy atom. The summed E-state index contributed by atoms with van der Waals surface area (Å²) in [7, 11) is 0. The molecular weight excluding hydrogens is 288 g/mol. The molecule has 0 saturated carbocycles. The molecule has 0 amide bonds. The smallest absolute Gasteiger partial charge is 0.308 e. The van der Waals surface area contributed by atoms with Crippen molar-refractivity contribution < 1.29 is 14.3 Å². The van der Waals surface area contributed by atoms with Crippen LogP contribution in [0.3, 0.4) is 0 Å². The Hall–Kier alpha value is -2.68. The molecule has 3 nitrogen and oxygen atoms in total. The third-order valence-electron chi connectivity index (χ3n) is 3.40. The zero-order valence-corrected chi connectivity index (χ0v) is 13.8. The molecule has 23 heavy (non-hydrogen) atoms. The first-order valence-corrected chi connectivity index (χ1v) is 7.45. The van der Waals surface area contributed by atoms with Crippen LogP contribution in [0.4, 0.5) is 0 Å². The number of rotatable bonds is 4. The van der Waals surface area contributed by atoms with Gasteiger partial charge in [0.25, 0.3) is 0 Å². The standard InChI is InChI=1S/C20H20O3/c1-13-9-14(2)11-18(10-13)19(22)8-7-17-6-5-15(3)20(12-17)23-16(4)21/h5-12H,1-4H3/b8-7+. The van der Waals surface area contributed by atoms with Gasteiger partial charge < -0.3 is 4.74 Å². The normalized spacial score (nSPS) is 10.8. The number of carbonyl (C=O) groups excluding carboxylic acids is 2. The molecule has 2 aromatic rings. The summed E-state index contributed by atoms with van der Waals surface area (Å²) >= 11 is 0. The highest BCUT2D eigenvalue weighted by Gasteiger charge is 2.05. The van der Waals surface area contributed by atoms with Crippen molar-refractivity contribution >= 4 is 17.8 Å². The van der Waals surface area contributed by atoms with E-state index in [1.165, 1.54) is 13.0 Å². The minimum atomic E-state index is -0.361. The molecule has 0 aliphatic carbocycles. The Morgan fingerprint density at radius 3 is 2.22 bits per heavy atom. The molecule has 0 saturated heterocycles. The lowest BCUT2D eigenvalue weighted by Gasteiger charge is -2.06. The van der Waals surface area contributed by atoms with Crippen LogP contribution >= 0.6 is 0 Å². The molecule has 0 atom stereocenters. The Kier molecular flexibility index (Phi) is 5.12. The summed E-state index contributed by atoms with van der Waals surface area (Å²) in [4.78, 5) is 23.4. The number of esters is 1. The lowest BCUT2D eigenvalue weighted by molar-refractivity contribution is -0.131. The first-order chi connectivity index (χ1) is 10.8. The second-order valence-corrected chi connectivity index (χ2v) is 5.69. The lowest BCUT2D eigenvalue weighted by Crippen LogP contribution is -2.02. The molecule has 0 fully saturated rings. The fourth-order valence-corrected chi connectivity index (χ4v) is 2.37. The molecule has 2 rings (SSSR count). The highest BCUT2D eigenvalue weighted by atomic mass is 16.5. The van der Waals surface area contributed by atoms with Crippen molar-refractivity contribution in [3.8, 4) is 5.75 Å². The zero-order valence-electron chi connectivity index (χ0n) is 13.8. The summed E-state index contributed by atoms with van der Waals surface area (Å²) in [6, 6.07) is 11.3. The molecule has 0 N–H and O–H groups in total. The summed E-state index contributed by atoms with van der Waals surface area (Å²) in [5.74, 6) is 0.102. The molecule has 0 bridgehead atoms. The maximum atomic E-state index is 12.3. The molecule has 2 aromatic carbocycles. The minimum absolute atomic E-state index is 0.0496. The lowest BCUT2D eigenvalue weighted by atomic mass is 10.0. The summed E-state index contributed by atoms with van der Waals surface area (Å²) < 4.78 is 5.15. The molecule has 0 aromatic heterocycles. The molecule has 3 heteroatoms. The van der Waals surface area contributed by atoms with E-state index in [1.54, 1.807) is 12.1 Å². The number of ketones is 1. The topological polar surface area (TPSA) is 43.4 Å². The second kappa shape index (κ2) is 7.05. The SMILES string of the molecule is CC(=O)Oc1cc(/C=C/C(=O)c2cc(C)cc(C)c2)ccc1C. The van der Waals surface area contributed by atoms with Gasteiger partial charge in [-0.2, -0.15) is 0 Å². The summed E-state index contributed by atoms with van der Waals surface area (Å²) in [6.07, 6.45) is 3.27. The van der Waals surface area contributed by atoms with Crippen molar-refractivity contribution in [3.05, 3.63) is 70.3 Å². The first kappa shape index (κ1) is 16.7. The van der Waals surface area contributed by atoms with Crippen LogP contribution in [0.2, 0.25) is 0 Å². The monoisotopic (exact) mass is 308 g/mol. The van der Waals surface area contributed by atoms with Crippen molar-refractivity contribution in [3.63, 3.8) is 0 Å². The predicted octanol–water partition coefficient (Wildman–Crippen LogP) is 4.43. The molecule has 0 radical (unpaired) electrons. The Balaban J connectivity index is 2.22. The van der Waals surface area contributed by atoms with E-state index in [0.29, 0.717) is 11.3 Å². The quantitative estimate of drug-likeness (QED) is 0.363. The highest BCUT2D eigenvalue weighted by Crippen LogP contribution is 2.21. The van der Waals surface area contributed by atoms with E-state index < -0.39 is 0 Å². The molecule has 0 spiro atoms. The average Bonchev–Trinajstić information content (AvgIpc) is 2.46. The number of hydrogen-bond donors (Lipinski definition) is 0. The minimum Gasteiger partial charge on any atom is -0.426 e. The van der Waals surface area contributed by atoms with Crippen LogP contribution in [0.5, 0.6) is 5.75 Å². The van der Waals surface area contributed by atoms with Gasteiger partial charge in [0, 0.05) is 12.5 Å². The first-order valence-electron chi connectivity index (χ1n) is 7.45. The van der Waals surface area contributed by atoms with Gasteiger partial charge in [0.15, 0.2) is 5.78 Å². The van der Waals surface area contributed by atoms with Crippen LogP contribution in [-0.4, -0.2) is 11.8 Å². The zero-order chi connectivity index (χ0) is 17.0. The van der Waals surface area contributed by atoms with E-state index in [4.69, 9.17) is 4.74 Å². The van der Waals surface area contributed by atoms with E-state index in [9.17, 15) is 9.59 Å². The third kappa shape index (κ3) is 4.65. The van der Waals surface area contributed by atoms with E-state index in [2.05, 4.69) is 0 Å².